The molecule has 1 atom stereocenters. The van der Waals surface area contributed by atoms with Crippen LogP contribution >= 0.6 is 0 Å². The second-order valence-corrected chi connectivity index (χ2v) is 20.8. The van der Waals surface area contributed by atoms with Gasteiger partial charge < -0.3 is 14.2 Å². The van der Waals surface area contributed by atoms with Gasteiger partial charge in [-0.05, 0) is 25.2 Å². The Bertz CT molecular complexity index is 980. The molecule has 0 bridgehead atoms. The Kier molecular flexibility index (Phi) is 52.1. The highest BCUT2D eigenvalue weighted by Crippen LogP contribution is 2.18. The van der Waals surface area contributed by atoms with Crippen LogP contribution in [0.4, 0.5) is 0 Å². The van der Waals surface area contributed by atoms with E-state index >= 15 is 0 Å². The fraction of sp³-hybridized carbons (Fsp3) is 0.949. The average Bonchev–Trinajstić information content (AvgIpc) is 3.29. The Morgan fingerprint density at radius 1 is 0.292 bits per heavy atom. The summed E-state index contributed by atoms with van der Waals surface area (Å²) in [5.74, 6) is 0.0193. The monoisotopic (exact) mass is 919 g/mol. The molecule has 0 radical (unpaired) electrons. The first-order valence-electron chi connectivity index (χ1n) is 29.4. The lowest BCUT2D eigenvalue weighted by atomic mass is 10.0. The van der Waals surface area contributed by atoms with Crippen LogP contribution in [0.2, 0.25) is 0 Å². The number of carbonyl (C=O) groups is 3. The van der Waals surface area contributed by atoms with E-state index in [1.165, 1.54) is 231 Å². The van der Waals surface area contributed by atoms with E-state index < -0.39 is 6.10 Å². The molecule has 0 unspecified atom stereocenters. The topological polar surface area (TPSA) is 78.9 Å². The highest BCUT2D eigenvalue weighted by Gasteiger charge is 2.19. The summed E-state index contributed by atoms with van der Waals surface area (Å²) in [6.07, 6.45) is 58.0. The smallest absolute Gasteiger partial charge is 0.306 e. The molecule has 0 amide bonds. The number of esters is 3. The van der Waals surface area contributed by atoms with Gasteiger partial charge in [0.2, 0.25) is 0 Å². The Balaban J connectivity index is 4.26. The fourth-order valence-corrected chi connectivity index (χ4v) is 9.10. The first-order chi connectivity index (χ1) is 31.9. The number of hydrogen-bond acceptors (Lipinski definition) is 6. The fourth-order valence-electron chi connectivity index (χ4n) is 9.10. The van der Waals surface area contributed by atoms with Crippen molar-refractivity contribution in [1.82, 2.24) is 0 Å². The van der Waals surface area contributed by atoms with Crippen molar-refractivity contribution < 1.29 is 28.6 Å². The number of rotatable bonds is 54. The van der Waals surface area contributed by atoms with Gasteiger partial charge in [0.25, 0.3) is 0 Å². The van der Waals surface area contributed by atoms with Crippen molar-refractivity contribution in [1.29, 1.82) is 0 Å². The van der Waals surface area contributed by atoms with Gasteiger partial charge in [-0.25, -0.2) is 0 Å². The zero-order chi connectivity index (χ0) is 47.4. The first-order valence-corrected chi connectivity index (χ1v) is 29.4. The highest BCUT2D eigenvalue weighted by molar-refractivity contribution is 5.71. The molecular weight excluding hydrogens is 805 g/mol. The van der Waals surface area contributed by atoms with E-state index in [2.05, 4.69) is 27.7 Å². The van der Waals surface area contributed by atoms with E-state index in [1.807, 2.05) is 0 Å². The molecule has 6 nitrogen and oxygen atoms in total. The van der Waals surface area contributed by atoms with E-state index in [9.17, 15) is 14.4 Å². The average molecular weight is 920 g/mol. The molecule has 0 saturated heterocycles. The van der Waals surface area contributed by atoms with Crippen LogP contribution in [0, 0.1) is 5.92 Å². The van der Waals surface area contributed by atoms with Crippen molar-refractivity contribution >= 4 is 17.9 Å². The van der Waals surface area contributed by atoms with Crippen molar-refractivity contribution in [3.8, 4) is 0 Å². The second-order valence-electron chi connectivity index (χ2n) is 20.8. The van der Waals surface area contributed by atoms with Crippen LogP contribution in [-0.4, -0.2) is 37.2 Å². The van der Waals surface area contributed by atoms with Gasteiger partial charge in [-0.15, -0.1) is 0 Å². The molecule has 0 aliphatic rings. The molecule has 0 aromatic carbocycles. The van der Waals surface area contributed by atoms with Gasteiger partial charge in [-0.2, -0.15) is 0 Å². The molecular formula is C59H114O6. The van der Waals surface area contributed by atoms with Gasteiger partial charge in [0, 0.05) is 19.3 Å². The molecule has 0 fully saturated rings. The predicted octanol–water partition coefficient (Wildman–Crippen LogP) is 19.4. The lowest BCUT2D eigenvalue weighted by Gasteiger charge is -2.18. The Morgan fingerprint density at radius 2 is 0.508 bits per heavy atom. The maximum atomic E-state index is 12.8. The first kappa shape index (κ1) is 63.4. The molecule has 65 heavy (non-hydrogen) atoms. The van der Waals surface area contributed by atoms with Gasteiger partial charge in [-0.1, -0.05) is 297 Å². The summed E-state index contributed by atoms with van der Waals surface area (Å²) in [7, 11) is 0. The van der Waals surface area contributed by atoms with E-state index in [0.717, 1.165) is 63.7 Å². The SMILES string of the molecule is CCCCCCCCCCCCCCCCCC(=O)OC[C@H](COC(=O)CCCCCCCCCCCCCCCCCCC(C)C)OC(=O)CCCCCCCCCCCCCCC. The number of unbranched alkanes of at least 4 members (excludes halogenated alkanes) is 41. The van der Waals surface area contributed by atoms with E-state index in [0.29, 0.717) is 19.3 Å². The molecule has 0 N–H and O–H groups in total. The van der Waals surface area contributed by atoms with Gasteiger partial charge in [0.15, 0.2) is 6.10 Å². The second kappa shape index (κ2) is 53.4. The van der Waals surface area contributed by atoms with E-state index in [4.69, 9.17) is 14.2 Å². The maximum absolute atomic E-state index is 12.8. The molecule has 0 spiro atoms. The minimum absolute atomic E-state index is 0.0616. The zero-order valence-corrected chi connectivity index (χ0v) is 44.5. The van der Waals surface area contributed by atoms with Crippen molar-refractivity contribution in [3.05, 3.63) is 0 Å². The third-order valence-corrected chi connectivity index (χ3v) is 13.5. The van der Waals surface area contributed by atoms with Crippen molar-refractivity contribution in [2.24, 2.45) is 5.92 Å². The summed E-state index contributed by atoms with van der Waals surface area (Å²) in [6, 6.07) is 0. The summed E-state index contributed by atoms with van der Waals surface area (Å²) in [5.41, 5.74) is 0. The van der Waals surface area contributed by atoms with Crippen LogP contribution in [0.25, 0.3) is 0 Å². The van der Waals surface area contributed by atoms with Crippen LogP contribution in [-0.2, 0) is 28.6 Å². The zero-order valence-electron chi connectivity index (χ0n) is 44.5. The quantitative estimate of drug-likeness (QED) is 0.0344. The molecule has 0 aromatic rings. The van der Waals surface area contributed by atoms with Gasteiger partial charge in [0.05, 0.1) is 0 Å². The molecule has 0 heterocycles. The number of ether oxygens (including phenoxy) is 3. The third kappa shape index (κ3) is 53.2. The largest absolute Gasteiger partial charge is 0.462 e. The summed E-state index contributed by atoms with van der Waals surface area (Å²) in [5, 5.41) is 0. The Morgan fingerprint density at radius 3 is 0.754 bits per heavy atom. The number of carbonyl (C=O) groups excluding carboxylic acids is 3. The van der Waals surface area contributed by atoms with Crippen LogP contribution < -0.4 is 0 Å². The molecule has 386 valence electrons. The minimum Gasteiger partial charge on any atom is -0.462 e. The molecule has 0 aliphatic heterocycles. The number of hydrogen-bond donors (Lipinski definition) is 0. The van der Waals surface area contributed by atoms with Crippen molar-refractivity contribution in [3.63, 3.8) is 0 Å². The minimum atomic E-state index is -0.761. The van der Waals surface area contributed by atoms with E-state index in [1.54, 1.807) is 0 Å². The Labute approximate surface area is 406 Å². The molecule has 0 saturated carbocycles. The van der Waals surface area contributed by atoms with Crippen LogP contribution in [0.3, 0.4) is 0 Å². The lowest BCUT2D eigenvalue weighted by molar-refractivity contribution is -0.167. The molecule has 6 heteroatoms. The summed E-state index contributed by atoms with van der Waals surface area (Å²) >= 11 is 0. The van der Waals surface area contributed by atoms with Crippen LogP contribution in [0.5, 0.6) is 0 Å². The highest BCUT2D eigenvalue weighted by atomic mass is 16.6. The third-order valence-electron chi connectivity index (χ3n) is 13.5. The van der Waals surface area contributed by atoms with Crippen molar-refractivity contribution in [2.45, 2.75) is 342 Å². The standard InChI is InChI=1S/C59H114O6/c1-5-7-9-11-13-15-17-19-22-27-30-34-38-42-46-50-57(60)63-53-56(65-59(62)52-48-44-40-36-32-25-18-16-14-12-10-8-6-2)54-64-58(61)51-47-43-39-35-31-28-24-21-20-23-26-29-33-37-41-45-49-55(3)4/h55-56H,5-54H2,1-4H3/t56-/m1/s1. The van der Waals surface area contributed by atoms with Crippen LogP contribution in [0.1, 0.15) is 336 Å². The van der Waals surface area contributed by atoms with E-state index in [-0.39, 0.29) is 31.1 Å². The molecule has 0 aromatic heterocycles. The lowest BCUT2D eigenvalue weighted by Crippen LogP contribution is -2.30. The predicted molar refractivity (Wildman–Crippen MR) is 280 cm³/mol. The van der Waals surface area contributed by atoms with Gasteiger partial charge in [-0.3, -0.25) is 14.4 Å². The summed E-state index contributed by atoms with van der Waals surface area (Å²) in [6.45, 7) is 9.07. The van der Waals surface area contributed by atoms with Crippen molar-refractivity contribution in [2.75, 3.05) is 13.2 Å². The van der Waals surface area contributed by atoms with Gasteiger partial charge in [0.1, 0.15) is 13.2 Å². The normalized spacial score (nSPS) is 12.0. The molecule has 0 aliphatic carbocycles. The maximum Gasteiger partial charge on any atom is 0.306 e. The van der Waals surface area contributed by atoms with Crippen LogP contribution in [0.15, 0.2) is 0 Å². The summed E-state index contributed by atoms with van der Waals surface area (Å²) < 4.78 is 16.9. The summed E-state index contributed by atoms with van der Waals surface area (Å²) in [4.78, 5) is 38.1. The Hall–Kier alpha value is -1.59. The molecule has 0 rings (SSSR count). The van der Waals surface area contributed by atoms with Gasteiger partial charge >= 0.3 is 17.9 Å².